The summed E-state index contributed by atoms with van der Waals surface area (Å²) >= 11 is 0. The molecule has 5 heteroatoms. The van der Waals surface area contributed by atoms with Crippen molar-refractivity contribution in [1.82, 2.24) is 14.9 Å². The van der Waals surface area contributed by atoms with Crippen LogP contribution in [0.3, 0.4) is 0 Å². The Morgan fingerprint density at radius 3 is 2.58 bits per heavy atom. The summed E-state index contributed by atoms with van der Waals surface area (Å²) in [6.45, 7) is 3.32. The van der Waals surface area contributed by atoms with Gasteiger partial charge in [0.1, 0.15) is 5.75 Å². The topological polar surface area (TPSA) is 67.2 Å². The summed E-state index contributed by atoms with van der Waals surface area (Å²) in [7, 11) is 0. The van der Waals surface area contributed by atoms with Crippen molar-refractivity contribution in [2.24, 2.45) is 0 Å². The fourth-order valence-electron chi connectivity index (χ4n) is 3.00. The Kier molecular flexibility index (Phi) is 5.69. The zero-order valence-corrected chi connectivity index (χ0v) is 14.8. The highest BCUT2D eigenvalue weighted by Crippen LogP contribution is 2.22. The molecule has 5 nitrogen and oxygen atoms in total. The molecule has 1 amide bonds. The fraction of sp³-hybridized carbons (Fsp3) is 0.238. The number of carbonyl (C=O) groups excluding carboxylic acids is 1. The molecule has 0 saturated carbocycles. The highest BCUT2D eigenvalue weighted by Gasteiger charge is 2.21. The van der Waals surface area contributed by atoms with E-state index < -0.39 is 0 Å². The lowest BCUT2D eigenvalue weighted by molar-refractivity contribution is -0.122. The third-order valence-electron chi connectivity index (χ3n) is 4.48. The molecule has 2 N–H and O–H groups in total. The Bertz CT molecular complexity index is 841. The number of benzene rings is 2. The van der Waals surface area contributed by atoms with E-state index in [4.69, 9.17) is 0 Å². The number of nitrogens with one attached hydrogen (secondary N) is 1. The van der Waals surface area contributed by atoms with Crippen molar-refractivity contribution >= 4 is 5.91 Å². The molecule has 1 aromatic heterocycles. The number of aromatic nitrogens is 2. The molecule has 0 aliphatic rings. The van der Waals surface area contributed by atoms with Crippen molar-refractivity contribution in [1.29, 1.82) is 0 Å². The Morgan fingerprint density at radius 1 is 1.15 bits per heavy atom. The number of hydrogen-bond donors (Lipinski definition) is 2. The van der Waals surface area contributed by atoms with E-state index in [1.54, 1.807) is 24.7 Å². The summed E-state index contributed by atoms with van der Waals surface area (Å²) in [5.74, 6) is -0.0887. The predicted octanol–water partition coefficient (Wildman–Crippen LogP) is 3.25. The van der Waals surface area contributed by atoms with Gasteiger partial charge in [-0.1, -0.05) is 42.5 Å². The molecule has 0 aliphatic heterocycles. The minimum Gasteiger partial charge on any atom is -0.508 e. The van der Waals surface area contributed by atoms with Crippen LogP contribution in [0.25, 0.3) is 0 Å². The van der Waals surface area contributed by atoms with Gasteiger partial charge in [0.05, 0.1) is 24.5 Å². The Labute approximate surface area is 153 Å². The lowest BCUT2D eigenvalue weighted by Gasteiger charge is -2.18. The quantitative estimate of drug-likeness (QED) is 0.688. The molecule has 26 heavy (non-hydrogen) atoms. The molecule has 0 saturated heterocycles. The number of hydrogen-bond acceptors (Lipinski definition) is 3. The van der Waals surface area contributed by atoms with Crippen molar-refractivity contribution in [2.45, 2.75) is 32.4 Å². The average molecular weight is 349 g/mol. The molecular weight excluding hydrogens is 326 g/mol. The standard InChI is InChI=1S/C21H23N3O2/c1-2-24-15-22-13-18(24)14-23-21(26)20(17-6-4-3-5-7-17)12-16-8-10-19(25)11-9-16/h3-11,13,15,20,25H,2,12,14H2,1H3,(H,23,26). The highest BCUT2D eigenvalue weighted by atomic mass is 16.3. The Balaban J connectivity index is 1.76. The van der Waals surface area contributed by atoms with Gasteiger partial charge < -0.3 is 15.0 Å². The van der Waals surface area contributed by atoms with Crippen LogP contribution in [0.4, 0.5) is 0 Å². The van der Waals surface area contributed by atoms with Crippen molar-refractivity contribution < 1.29 is 9.90 Å². The van der Waals surface area contributed by atoms with Crippen LogP contribution in [0.1, 0.15) is 29.7 Å². The van der Waals surface area contributed by atoms with Gasteiger partial charge in [-0.05, 0) is 36.6 Å². The highest BCUT2D eigenvalue weighted by molar-refractivity contribution is 5.84. The molecule has 2 aromatic carbocycles. The second-order valence-electron chi connectivity index (χ2n) is 6.22. The van der Waals surface area contributed by atoms with E-state index in [1.807, 2.05) is 54.0 Å². The Morgan fingerprint density at radius 2 is 1.88 bits per heavy atom. The van der Waals surface area contributed by atoms with Gasteiger partial charge in [-0.3, -0.25) is 4.79 Å². The molecule has 1 atom stereocenters. The lowest BCUT2D eigenvalue weighted by Crippen LogP contribution is -2.30. The number of nitrogens with zero attached hydrogens (tertiary/aromatic N) is 2. The predicted molar refractivity (Wildman–Crippen MR) is 101 cm³/mol. The first-order valence-corrected chi connectivity index (χ1v) is 8.77. The second kappa shape index (κ2) is 8.34. The molecule has 0 fully saturated rings. The van der Waals surface area contributed by atoms with Gasteiger partial charge in [0, 0.05) is 12.7 Å². The SMILES string of the molecule is CCn1cncc1CNC(=O)C(Cc1ccc(O)cc1)c1ccccc1. The van der Waals surface area contributed by atoms with Gasteiger partial charge in [0.25, 0.3) is 0 Å². The zero-order valence-electron chi connectivity index (χ0n) is 14.8. The number of aryl methyl sites for hydroxylation is 1. The molecule has 0 radical (unpaired) electrons. The molecule has 134 valence electrons. The van der Waals surface area contributed by atoms with Crippen molar-refractivity contribution in [3.63, 3.8) is 0 Å². The first-order valence-electron chi connectivity index (χ1n) is 8.77. The third kappa shape index (κ3) is 4.30. The first-order chi connectivity index (χ1) is 12.7. The number of rotatable bonds is 7. The number of carbonyl (C=O) groups is 1. The molecular formula is C21H23N3O2. The van der Waals surface area contributed by atoms with Crippen LogP contribution in [0.2, 0.25) is 0 Å². The lowest BCUT2D eigenvalue weighted by atomic mass is 9.91. The number of phenols is 1. The van der Waals surface area contributed by atoms with E-state index >= 15 is 0 Å². The molecule has 3 aromatic rings. The van der Waals surface area contributed by atoms with Gasteiger partial charge in [-0.25, -0.2) is 4.98 Å². The zero-order chi connectivity index (χ0) is 18.4. The van der Waals surface area contributed by atoms with E-state index in [0.29, 0.717) is 13.0 Å². The molecule has 0 bridgehead atoms. The van der Waals surface area contributed by atoms with Crippen LogP contribution < -0.4 is 5.32 Å². The molecule has 0 aliphatic carbocycles. The van der Waals surface area contributed by atoms with Gasteiger partial charge >= 0.3 is 0 Å². The van der Waals surface area contributed by atoms with Gasteiger partial charge in [-0.2, -0.15) is 0 Å². The van der Waals surface area contributed by atoms with Crippen LogP contribution in [0.5, 0.6) is 5.75 Å². The van der Waals surface area contributed by atoms with E-state index in [9.17, 15) is 9.90 Å². The summed E-state index contributed by atoms with van der Waals surface area (Å²) in [6, 6.07) is 16.8. The summed E-state index contributed by atoms with van der Waals surface area (Å²) in [5, 5.41) is 12.5. The molecule has 1 heterocycles. The van der Waals surface area contributed by atoms with E-state index in [2.05, 4.69) is 10.3 Å². The normalized spacial score (nSPS) is 11.9. The van der Waals surface area contributed by atoms with E-state index in [1.165, 1.54) is 0 Å². The number of aromatic hydroxyl groups is 1. The van der Waals surface area contributed by atoms with Crippen molar-refractivity contribution in [3.8, 4) is 5.75 Å². The molecule has 1 unspecified atom stereocenters. The smallest absolute Gasteiger partial charge is 0.228 e. The first kappa shape index (κ1) is 17.7. The minimum atomic E-state index is -0.293. The number of imidazole rings is 1. The summed E-state index contributed by atoms with van der Waals surface area (Å²) in [6.07, 6.45) is 4.12. The van der Waals surface area contributed by atoms with Crippen molar-refractivity contribution in [3.05, 3.63) is 83.9 Å². The van der Waals surface area contributed by atoms with Crippen LogP contribution in [0.15, 0.2) is 67.1 Å². The molecule has 3 rings (SSSR count). The average Bonchev–Trinajstić information content (AvgIpc) is 3.14. The Hall–Kier alpha value is -3.08. The maximum atomic E-state index is 12.9. The third-order valence-corrected chi connectivity index (χ3v) is 4.48. The van der Waals surface area contributed by atoms with Crippen LogP contribution >= 0.6 is 0 Å². The summed E-state index contributed by atoms with van der Waals surface area (Å²) in [5.41, 5.74) is 2.96. The van der Waals surface area contributed by atoms with E-state index in [0.717, 1.165) is 23.4 Å². The minimum absolute atomic E-state index is 0.0203. The number of amides is 1. The second-order valence-corrected chi connectivity index (χ2v) is 6.22. The summed E-state index contributed by atoms with van der Waals surface area (Å²) < 4.78 is 2.01. The van der Waals surface area contributed by atoms with Crippen LogP contribution in [-0.4, -0.2) is 20.6 Å². The van der Waals surface area contributed by atoms with Crippen LogP contribution in [-0.2, 0) is 24.3 Å². The summed E-state index contributed by atoms with van der Waals surface area (Å²) in [4.78, 5) is 17.1. The maximum absolute atomic E-state index is 12.9. The van der Waals surface area contributed by atoms with Gasteiger partial charge in [0.2, 0.25) is 5.91 Å². The van der Waals surface area contributed by atoms with Gasteiger partial charge in [0.15, 0.2) is 0 Å². The number of phenolic OH excluding ortho intramolecular Hbond substituents is 1. The monoisotopic (exact) mass is 349 g/mol. The van der Waals surface area contributed by atoms with E-state index in [-0.39, 0.29) is 17.6 Å². The maximum Gasteiger partial charge on any atom is 0.228 e. The largest absolute Gasteiger partial charge is 0.508 e. The van der Waals surface area contributed by atoms with Crippen molar-refractivity contribution in [2.75, 3.05) is 0 Å². The fourth-order valence-corrected chi connectivity index (χ4v) is 3.00. The van der Waals surface area contributed by atoms with Gasteiger partial charge in [-0.15, -0.1) is 0 Å². The molecule has 0 spiro atoms. The van der Waals surface area contributed by atoms with Crippen LogP contribution in [0, 0.1) is 0 Å².